The normalized spacial score (nSPS) is 22.0. The molecular weight excluding hydrogens is 153 g/mol. The van der Waals surface area contributed by atoms with Crippen molar-refractivity contribution >= 4 is 0 Å². The first-order chi connectivity index (χ1) is 4.55. The lowest BCUT2D eigenvalue weighted by Gasteiger charge is -2.05. The monoisotopic (exact) mass is 156 g/mol. The van der Waals surface area contributed by atoms with Gasteiger partial charge < -0.3 is 14.2 Å². The third-order valence-corrected chi connectivity index (χ3v) is 0.766. The van der Waals surface area contributed by atoms with Crippen LogP contribution in [-0.4, -0.2) is 13.4 Å². The Bertz CT molecular complexity index is 177. The first-order valence-electron chi connectivity index (χ1n) is 2.25. The molecule has 0 saturated heterocycles. The van der Waals surface area contributed by atoms with E-state index < -0.39 is 18.3 Å². The van der Waals surface area contributed by atoms with Gasteiger partial charge in [-0.15, -0.1) is 8.78 Å². The lowest BCUT2D eigenvalue weighted by atomic mass is 10.9. The molecule has 0 saturated carbocycles. The van der Waals surface area contributed by atoms with E-state index in [1.807, 2.05) is 0 Å². The van der Waals surface area contributed by atoms with Crippen LogP contribution in [0.3, 0.4) is 0 Å². The second kappa shape index (κ2) is 1.96. The molecule has 3 nitrogen and oxygen atoms in total. The van der Waals surface area contributed by atoms with E-state index in [1.54, 1.807) is 0 Å². The number of alkyl halides is 2. The Labute approximate surface area is 54.0 Å². The zero-order valence-electron chi connectivity index (χ0n) is 4.86. The smallest absolute Gasteiger partial charge is 0.464 e. The summed E-state index contributed by atoms with van der Waals surface area (Å²) < 4.78 is 46.5. The molecular formula is C4H3F3O3. The molecule has 1 aliphatic rings. The van der Waals surface area contributed by atoms with E-state index in [-0.39, 0.29) is 0 Å². The van der Waals surface area contributed by atoms with Crippen molar-refractivity contribution in [2.75, 3.05) is 7.11 Å². The van der Waals surface area contributed by atoms with Crippen LogP contribution in [0.1, 0.15) is 0 Å². The van der Waals surface area contributed by atoms with Crippen LogP contribution in [0.2, 0.25) is 0 Å². The van der Waals surface area contributed by atoms with Gasteiger partial charge in [0.2, 0.25) is 0 Å². The van der Waals surface area contributed by atoms with Crippen molar-refractivity contribution in [3.05, 3.63) is 12.0 Å². The summed E-state index contributed by atoms with van der Waals surface area (Å²) in [6.07, 6.45) is -3.94. The molecule has 0 fully saturated rings. The summed E-state index contributed by atoms with van der Waals surface area (Å²) in [5.74, 6) is -0.940. The highest BCUT2D eigenvalue weighted by Crippen LogP contribution is 2.33. The zero-order chi connectivity index (χ0) is 7.78. The topological polar surface area (TPSA) is 27.7 Å². The van der Waals surface area contributed by atoms with Crippen LogP contribution in [0.25, 0.3) is 0 Å². The predicted octanol–water partition coefficient (Wildman–Crippen LogP) is 1.33. The molecule has 0 bridgehead atoms. The molecule has 0 amide bonds. The van der Waals surface area contributed by atoms with Crippen LogP contribution in [0.4, 0.5) is 13.2 Å². The number of methoxy groups -OCH3 is 1. The Hall–Kier alpha value is -1.07. The summed E-state index contributed by atoms with van der Waals surface area (Å²) in [4.78, 5) is 0. The molecule has 0 atom stereocenters. The van der Waals surface area contributed by atoms with Crippen LogP contribution >= 0.6 is 0 Å². The molecule has 0 aromatic rings. The lowest BCUT2D eigenvalue weighted by Crippen LogP contribution is -2.16. The molecule has 0 spiro atoms. The average Bonchev–Trinajstić information content (AvgIpc) is 2.05. The van der Waals surface area contributed by atoms with Gasteiger partial charge in [0.25, 0.3) is 0 Å². The Balaban J connectivity index is 2.68. The first-order valence-corrected chi connectivity index (χ1v) is 2.25. The third-order valence-electron chi connectivity index (χ3n) is 0.766. The van der Waals surface area contributed by atoms with E-state index in [4.69, 9.17) is 0 Å². The maximum absolute atomic E-state index is 12.0. The largest absolute Gasteiger partial charge is 0.590 e. The van der Waals surface area contributed by atoms with Gasteiger partial charge >= 0.3 is 18.3 Å². The van der Waals surface area contributed by atoms with Crippen molar-refractivity contribution < 1.29 is 27.4 Å². The average molecular weight is 156 g/mol. The predicted molar refractivity (Wildman–Crippen MR) is 22.3 cm³/mol. The van der Waals surface area contributed by atoms with Gasteiger partial charge in [0.15, 0.2) is 0 Å². The molecule has 58 valence electrons. The van der Waals surface area contributed by atoms with E-state index in [2.05, 4.69) is 14.2 Å². The summed E-state index contributed by atoms with van der Waals surface area (Å²) in [5.41, 5.74) is 0. The quantitative estimate of drug-likeness (QED) is 0.573. The molecule has 6 heteroatoms. The molecule has 0 N–H and O–H groups in total. The van der Waals surface area contributed by atoms with Crippen molar-refractivity contribution in [3.63, 3.8) is 0 Å². The Morgan fingerprint density at radius 3 is 2.20 bits per heavy atom. The van der Waals surface area contributed by atoms with Crippen molar-refractivity contribution in [1.29, 1.82) is 0 Å². The minimum atomic E-state index is -3.94. The standard InChI is InChI=1S/C4H3F3O3/c1-8-3-2(5)9-4(6,7)10-3/h1H3. The molecule has 0 aliphatic carbocycles. The van der Waals surface area contributed by atoms with Crippen LogP contribution in [-0.2, 0) is 14.2 Å². The highest BCUT2D eigenvalue weighted by molar-refractivity contribution is 4.89. The molecule has 1 rings (SSSR count). The first kappa shape index (κ1) is 7.04. The van der Waals surface area contributed by atoms with Gasteiger partial charge in [0, 0.05) is 0 Å². The SMILES string of the molecule is COC1=C(F)OC(F)(F)O1. The van der Waals surface area contributed by atoms with E-state index in [1.165, 1.54) is 0 Å². The van der Waals surface area contributed by atoms with Gasteiger partial charge in [-0.2, -0.15) is 4.39 Å². The van der Waals surface area contributed by atoms with Crippen LogP contribution < -0.4 is 0 Å². The van der Waals surface area contributed by atoms with Crippen molar-refractivity contribution in [3.8, 4) is 0 Å². The number of hydrogen-bond acceptors (Lipinski definition) is 3. The van der Waals surface area contributed by atoms with Gasteiger partial charge in [-0.1, -0.05) is 0 Å². The molecule has 1 aliphatic heterocycles. The van der Waals surface area contributed by atoms with Crippen molar-refractivity contribution in [2.24, 2.45) is 0 Å². The molecule has 0 aromatic heterocycles. The molecule has 0 radical (unpaired) electrons. The Morgan fingerprint density at radius 1 is 1.40 bits per heavy atom. The van der Waals surface area contributed by atoms with Gasteiger partial charge in [0.05, 0.1) is 7.11 Å². The minimum absolute atomic E-state index is 0.940. The number of hydrogen-bond donors (Lipinski definition) is 0. The molecule has 1 heterocycles. The highest BCUT2D eigenvalue weighted by atomic mass is 19.3. The Morgan fingerprint density at radius 2 is 2.00 bits per heavy atom. The fourth-order valence-corrected chi connectivity index (χ4v) is 0.437. The fraction of sp³-hybridized carbons (Fsp3) is 0.500. The Kier molecular flexibility index (Phi) is 1.38. The number of rotatable bonds is 1. The minimum Gasteiger partial charge on any atom is -0.464 e. The van der Waals surface area contributed by atoms with E-state index >= 15 is 0 Å². The van der Waals surface area contributed by atoms with Crippen LogP contribution in [0.5, 0.6) is 0 Å². The van der Waals surface area contributed by atoms with Gasteiger partial charge in [-0.3, -0.25) is 0 Å². The number of ether oxygens (including phenoxy) is 3. The zero-order valence-corrected chi connectivity index (χ0v) is 4.86. The summed E-state index contributed by atoms with van der Waals surface area (Å²) in [5, 5.41) is 0. The van der Waals surface area contributed by atoms with Gasteiger partial charge in [0.1, 0.15) is 0 Å². The maximum atomic E-state index is 12.0. The molecule has 0 aromatic carbocycles. The molecule has 0 unspecified atom stereocenters. The van der Waals surface area contributed by atoms with Gasteiger partial charge in [-0.05, 0) is 0 Å². The third kappa shape index (κ3) is 1.09. The van der Waals surface area contributed by atoms with E-state index in [0.29, 0.717) is 0 Å². The number of halogens is 3. The highest BCUT2D eigenvalue weighted by Gasteiger charge is 2.46. The van der Waals surface area contributed by atoms with Crippen molar-refractivity contribution in [2.45, 2.75) is 6.29 Å². The van der Waals surface area contributed by atoms with Crippen LogP contribution in [0, 0.1) is 0 Å². The van der Waals surface area contributed by atoms with E-state index in [9.17, 15) is 13.2 Å². The second-order valence-corrected chi connectivity index (χ2v) is 1.43. The summed E-state index contributed by atoms with van der Waals surface area (Å²) in [6.45, 7) is 0. The van der Waals surface area contributed by atoms with Crippen LogP contribution in [0.15, 0.2) is 12.0 Å². The van der Waals surface area contributed by atoms with E-state index in [0.717, 1.165) is 7.11 Å². The summed E-state index contributed by atoms with van der Waals surface area (Å²) in [7, 11) is 0.986. The molecule has 10 heavy (non-hydrogen) atoms. The summed E-state index contributed by atoms with van der Waals surface area (Å²) in [6, 6.07) is -1.55. The van der Waals surface area contributed by atoms with Crippen molar-refractivity contribution in [1.82, 2.24) is 0 Å². The lowest BCUT2D eigenvalue weighted by molar-refractivity contribution is -0.348. The summed E-state index contributed by atoms with van der Waals surface area (Å²) >= 11 is 0. The fourth-order valence-electron chi connectivity index (χ4n) is 0.437. The van der Waals surface area contributed by atoms with Gasteiger partial charge in [-0.25, -0.2) is 0 Å². The maximum Gasteiger partial charge on any atom is 0.590 e. The second-order valence-electron chi connectivity index (χ2n) is 1.43.